The van der Waals surface area contributed by atoms with E-state index in [0.29, 0.717) is 56.8 Å². The van der Waals surface area contributed by atoms with Gasteiger partial charge in [0.25, 0.3) is 0 Å². The highest BCUT2D eigenvalue weighted by Gasteiger charge is 2.61. The molecule has 1 saturated heterocycles. The molecular weight excluding hydrogens is 721 g/mol. The van der Waals surface area contributed by atoms with Crippen LogP contribution in [0.5, 0.6) is 11.5 Å². The molecule has 5 atom stereocenters. The molecule has 2 aliphatic carbocycles. The van der Waals surface area contributed by atoms with Crippen LogP contribution in [0.1, 0.15) is 96.1 Å². The van der Waals surface area contributed by atoms with Gasteiger partial charge < -0.3 is 29.2 Å². The summed E-state index contributed by atoms with van der Waals surface area (Å²) in [7, 11) is -3.87. The molecular formula is C38H50N4O11S. The van der Waals surface area contributed by atoms with Gasteiger partial charge in [-0.15, -0.1) is 0 Å². The number of ketones is 1. The van der Waals surface area contributed by atoms with Crippen molar-refractivity contribution in [2.45, 2.75) is 127 Å². The largest absolute Gasteiger partial charge is 0.486 e. The van der Waals surface area contributed by atoms with E-state index in [1.54, 1.807) is 20.8 Å². The third kappa shape index (κ3) is 8.18. The molecule has 2 N–H and O–H groups in total. The number of fused-ring (bicyclic) bond motifs is 5. The minimum atomic E-state index is -3.87. The van der Waals surface area contributed by atoms with Gasteiger partial charge in [0, 0.05) is 24.9 Å². The van der Waals surface area contributed by atoms with Crippen molar-refractivity contribution in [2.75, 3.05) is 19.8 Å². The molecule has 54 heavy (non-hydrogen) atoms. The molecule has 6 aliphatic rings. The van der Waals surface area contributed by atoms with E-state index in [-0.39, 0.29) is 44.8 Å². The third-order valence-corrected chi connectivity index (χ3v) is 12.9. The Morgan fingerprint density at radius 2 is 1.78 bits per heavy atom. The molecule has 1 aromatic rings. The highest BCUT2D eigenvalue weighted by atomic mass is 32.2. The van der Waals surface area contributed by atoms with Crippen molar-refractivity contribution in [3.05, 3.63) is 35.4 Å². The molecule has 0 unspecified atom stereocenters. The van der Waals surface area contributed by atoms with Crippen molar-refractivity contribution in [3.8, 4) is 11.5 Å². The summed E-state index contributed by atoms with van der Waals surface area (Å²) in [6.45, 7) is 6.38. The van der Waals surface area contributed by atoms with Crippen molar-refractivity contribution in [1.82, 2.24) is 19.8 Å². The number of amides is 4. The van der Waals surface area contributed by atoms with Gasteiger partial charge in [-0.05, 0) is 76.8 Å². The van der Waals surface area contributed by atoms with E-state index in [1.165, 1.54) is 9.80 Å². The average molecular weight is 771 g/mol. The lowest BCUT2D eigenvalue weighted by Crippen LogP contribution is -2.53. The Morgan fingerprint density at radius 1 is 1.00 bits per heavy atom. The molecule has 0 radical (unpaired) electrons. The van der Waals surface area contributed by atoms with Gasteiger partial charge in [-0.2, -0.15) is 0 Å². The predicted molar refractivity (Wildman–Crippen MR) is 193 cm³/mol. The summed E-state index contributed by atoms with van der Waals surface area (Å²) in [5.41, 5.74) is -0.372. The number of nitrogens with zero attached hydrogens (tertiary/aromatic N) is 2. The van der Waals surface area contributed by atoms with Crippen molar-refractivity contribution < 1.29 is 51.3 Å². The second-order valence-electron chi connectivity index (χ2n) is 16.4. The third-order valence-electron chi connectivity index (χ3n) is 11.1. The number of ether oxygens (including phenoxy) is 4. The summed E-state index contributed by atoms with van der Waals surface area (Å²) in [6.07, 6.45) is 5.64. The van der Waals surface area contributed by atoms with Crippen LogP contribution >= 0.6 is 0 Å². The van der Waals surface area contributed by atoms with Crippen LogP contribution in [0, 0.1) is 11.3 Å². The highest BCUT2D eigenvalue weighted by Crippen LogP contribution is 2.57. The zero-order chi connectivity index (χ0) is 38.4. The number of alkyl carbamates (subject to hydrolysis) is 1. The normalized spacial score (nSPS) is 29.1. The number of benzene rings is 1. The highest BCUT2D eigenvalue weighted by molar-refractivity contribution is 7.90. The summed E-state index contributed by atoms with van der Waals surface area (Å²) < 4.78 is 50.9. The molecule has 294 valence electrons. The fourth-order valence-electron chi connectivity index (χ4n) is 7.97. The number of carbonyl (C=O) groups is 5. The van der Waals surface area contributed by atoms with Gasteiger partial charge in [-0.1, -0.05) is 31.1 Å². The van der Waals surface area contributed by atoms with E-state index in [0.717, 1.165) is 24.0 Å². The SMILES string of the molecule is CC(C)(C)OC(=O)N[C@H]1CCCCC/C=C\[C@@H]2C[C@@]2(C(=O)NS(=O)(=O)C2CC2)CC(=O)[C@@H]2C[C@@H](OC(=O)N3Cc4ccc5c(c4C3)OCCO5)CN2C1=O. The van der Waals surface area contributed by atoms with Crippen LogP contribution in [0.15, 0.2) is 24.3 Å². The van der Waals surface area contributed by atoms with E-state index >= 15 is 0 Å². The zero-order valence-electron chi connectivity index (χ0n) is 31.1. The Labute approximate surface area is 315 Å². The first-order chi connectivity index (χ1) is 25.6. The first kappa shape index (κ1) is 38.0. The zero-order valence-corrected chi connectivity index (χ0v) is 31.9. The quantitative estimate of drug-likeness (QED) is 0.414. The molecule has 0 aromatic heterocycles. The summed E-state index contributed by atoms with van der Waals surface area (Å²) in [5.74, 6) is -0.803. The Balaban J connectivity index is 1.12. The summed E-state index contributed by atoms with van der Waals surface area (Å²) >= 11 is 0. The molecule has 7 rings (SSSR count). The lowest BCUT2D eigenvalue weighted by molar-refractivity contribution is -0.140. The second kappa shape index (κ2) is 14.7. The maximum absolute atomic E-state index is 14.4. The molecule has 16 heteroatoms. The fraction of sp³-hybridized carbons (Fsp3) is 0.658. The molecule has 4 aliphatic heterocycles. The monoisotopic (exact) mass is 770 g/mol. The van der Waals surface area contributed by atoms with E-state index in [2.05, 4.69) is 10.0 Å². The summed E-state index contributed by atoms with van der Waals surface area (Å²) in [6, 6.07) is 1.59. The van der Waals surface area contributed by atoms with Gasteiger partial charge in [0.15, 0.2) is 17.3 Å². The molecule has 3 fully saturated rings. The molecule has 2 saturated carbocycles. The van der Waals surface area contributed by atoms with Gasteiger partial charge in [-0.3, -0.25) is 24.0 Å². The molecule has 0 spiro atoms. The van der Waals surface area contributed by atoms with Crippen molar-refractivity contribution in [3.63, 3.8) is 0 Å². The minimum absolute atomic E-state index is 0.0266. The van der Waals surface area contributed by atoms with Gasteiger partial charge in [0.05, 0.1) is 29.8 Å². The van der Waals surface area contributed by atoms with Crippen molar-refractivity contribution in [2.24, 2.45) is 11.3 Å². The number of rotatable bonds is 5. The number of hydrogen-bond donors (Lipinski definition) is 2. The summed E-state index contributed by atoms with van der Waals surface area (Å²) in [4.78, 5) is 72.0. The van der Waals surface area contributed by atoms with E-state index in [1.807, 2.05) is 24.3 Å². The Kier molecular flexibility index (Phi) is 10.3. The Hall–Kier alpha value is -4.34. The predicted octanol–water partition coefficient (Wildman–Crippen LogP) is 3.87. The van der Waals surface area contributed by atoms with Gasteiger partial charge in [0.1, 0.15) is 31.0 Å². The number of Topliss-reactive ketones (excluding diaryl/α,β-unsaturated/α-hetero) is 1. The molecule has 1 aromatic carbocycles. The van der Waals surface area contributed by atoms with E-state index < -0.39 is 74.3 Å². The number of allylic oxidation sites excluding steroid dienone is 2. The smallest absolute Gasteiger partial charge is 0.410 e. The lowest BCUT2D eigenvalue weighted by Gasteiger charge is -2.30. The first-order valence-electron chi connectivity index (χ1n) is 19.0. The summed E-state index contributed by atoms with van der Waals surface area (Å²) in [5, 5.41) is 2.10. The van der Waals surface area contributed by atoms with Crippen LogP contribution in [-0.4, -0.2) is 96.8 Å². The maximum atomic E-state index is 14.4. The van der Waals surface area contributed by atoms with Crippen LogP contribution in [0.2, 0.25) is 0 Å². The lowest BCUT2D eigenvalue weighted by atomic mass is 9.91. The van der Waals surface area contributed by atoms with Gasteiger partial charge in [-0.25, -0.2) is 18.0 Å². The van der Waals surface area contributed by atoms with E-state index in [9.17, 15) is 32.4 Å². The maximum Gasteiger partial charge on any atom is 0.410 e. The minimum Gasteiger partial charge on any atom is -0.486 e. The number of nitrogens with one attached hydrogen (secondary N) is 2. The fourth-order valence-corrected chi connectivity index (χ4v) is 9.36. The topological polar surface area (TPSA) is 187 Å². The van der Waals surface area contributed by atoms with Crippen LogP contribution in [-0.2, 0) is 47.0 Å². The van der Waals surface area contributed by atoms with Crippen molar-refractivity contribution >= 4 is 39.8 Å². The number of hydrogen-bond acceptors (Lipinski definition) is 11. The first-order valence-corrected chi connectivity index (χ1v) is 20.6. The molecule has 4 amide bonds. The number of carbonyl (C=O) groups excluding carboxylic acids is 5. The van der Waals surface area contributed by atoms with Crippen LogP contribution < -0.4 is 19.5 Å². The molecule has 0 bridgehead atoms. The Bertz CT molecular complexity index is 1840. The van der Waals surface area contributed by atoms with Crippen molar-refractivity contribution in [1.29, 1.82) is 0 Å². The average Bonchev–Trinajstić information content (AvgIpc) is 3.99. The van der Waals surface area contributed by atoms with Crippen LogP contribution in [0.3, 0.4) is 0 Å². The van der Waals surface area contributed by atoms with Crippen LogP contribution in [0.4, 0.5) is 9.59 Å². The second-order valence-corrected chi connectivity index (χ2v) is 18.3. The van der Waals surface area contributed by atoms with Crippen LogP contribution in [0.25, 0.3) is 0 Å². The number of sulfonamides is 1. The van der Waals surface area contributed by atoms with Gasteiger partial charge >= 0.3 is 12.2 Å². The van der Waals surface area contributed by atoms with Gasteiger partial charge in [0.2, 0.25) is 21.8 Å². The molecule has 15 nitrogen and oxygen atoms in total. The Morgan fingerprint density at radius 3 is 2.54 bits per heavy atom. The standard InChI is InChI=1S/C38H50N4O11S/c1-37(2,3)53-35(46)39-28-10-8-6-4-5-7-9-24-18-38(24,34(45)40-54(48,49)26-12-13-26)19-30(43)29-17-25(21-42(29)33(28)44)52-36(47)41-20-23-11-14-31-32(27(23)22-41)51-16-15-50-31/h7,9,11,14,24-26,28-29H,4-6,8,10,12-13,15-22H2,1-3H3,(H,39,46)(H,40,45)/b9-7-/t24-,25-,28+,29+,38-/m1/s1. The molecule has 4 heterocycles. The van der Waals surface area contributed by atoms with E-state index in [4.69, 9.17) is 18.9 Å².